The molecule has 5 nitrogen and oxygen atoms in total. The molecule has 1 aromatic rings. The lowest BCUT2D eigenvalue weighted by Crippen LogP contribution is -2.35. The van der Waals surface area contributed by atoms with E-state index >= 15 is 0 Å². The maximum absolute atomic E-state index is 13.9. The second kappa shape index (κ2) is 8.83. The maximum Gasteiger partial charge on any atom is 0.256 e. The Morgan fingerprint density at radius 3 is 2.38 bits per heavy atom. The first-order chi connectivity index (χ1) is 12.2. The third-order valence-electron chi connectivity index (χ3n) is 4.84. The van der Waals surface area contributed by atoms with Gasteiger partial charge in [-0.2, -0.15) is 0 Å². The molecule has 1 aromatic carbocycles. The van der Waals surface area contributed by atoms with Crippen molar-refractivity contribution in [1.29, 1.82) is 0 Å². The molecule has 1 aliphatic rings. The summed E-state index contributed by atoms with van der Waals surface area (Å²) in [6.07, 6.45) is 0. The highest BCUT2D eigenvalue weighted by atomic mass is 19.2. The minimum absolute atomic E-state index is 0.0319. The molecule has 0 saturated carbocycles. The van der Waals surface area contributed by atoms with E-state index in [4.69, 9.17) is 0 Å². The average Bonchev–Trinajstić information content (AvgIpc) is 3.00. The first-order valence-electron chi connectivity index (χ1n) is 8.61. The van der Waals surface area contributed by atoms with Gasteiger partial charge in [-0.3, -0.25) is 4.79 Å². The monoisotopic (exact) mass is 373 g/mol. The fourth-order valence-corrected chi connectivity index (χ4v) is 3.24. The number of aliphatic hydroxyl groups is 1. The van der Waals surface area contributed by atoms with Crippen molar-refractivity contribution in [2.24, 2.45) is 11.8 Å². The normalized spacial score (nSPS) is 20.4. The number of amides is 1. The average molecular weight is 373 g/mol. The van der Waals surface area contributed by atoms with Crippen molar-refractivity contribution in [3.05, 3.63) is 35.1 Å². The van der Waals surface area contributed by atoms with Crippen LogP contribution in [0.5, 0.6) is 0 Å². The maximum atomic E-state index is 13.9. The highest BCUT2D eigenvalue weighted by Gasteiger charge is 2.36. The largest absolute Gasteiger partial charge is 0.396 e. The molecule has 0 unspecified atom stereocenters. The van der Waals surface area contributed by atoms with Gasteiger partial charge in [0, 0.05) is 45.2 Å². The molecule has 0 bridgehead atoms. The minimum atomic E-state index is -1.64. The molecule has 0 radical (unpaired) electrons. The molecule has 0 aliphatic carbocycles. The standard InChI is InChI=1S/C18H26F3N3O2/c1-22(2)6-7-23(3)8-12-9-24(10-13(12)11-25)18(26)14-4-5-15(19)17(21)16(14)20/h4-5,12-13,25H,6-11H2,1-3H3/t12-,13-/m1/s1. The SMILES string of the molecule is CN(C)CCN(C)C[C@@H]1CN(C(=O)c2ccc(F)c(F)c2F)C[C@@H]1CO. The topological polar surface area (TPSA) is 47.0 Å². The Kier molecular flexibility index (Phi) is 7.02. The van der Waals surface area contributed by atoms with Gasteiger partial charge in [-0.25, -0.2) is 13.2 Å². The number of hydrogen-bond donors (Lipinski definition) is 1. The fourth-order valence-electron chi connectivity index (χ4n) is 3.24. The van der Waals surface area contributed by atoms with Crippen molar-refractivity contribution in [3.8, 4) is 0 Å². The van der Waals surface area contributed by atoms with Gasteiger partial charge in [0.05, 0.1) is 5.56 Å². The number of hydrogen-bond acceptors (Lipinski definition) is 4. The summed E-state index contributed by atoms with van der Waals surface area (Å²) in [6, 6.07) is 1.71. The van der Waals surface area contributed by atoms with Crippen molar-refractivity contribution in [3.63, 3.8) is 0 Å². The lowest BCUT2D eigenvalue weighted by molar-refractivity contribution is 0.0773. The van der Waals surface area contributed by atoms with E-state index < -0.39 is 28.9 Å². The van der Waals surface area contributed by atoms with Gasteiger partial charge in [0.1, 0.15) is 0 Å². The van der Waals surface area contributed by atoms with Crippen LogP contribution in [0.2, 0.25) is 0 Å². The van der Waals surface area contributed by atoms with Crippen LogP contribution < -0.4 is 0 Å². The number of nitrogens with zero attached hydrogens (tertiary/aromatic N) is 3. The van der Waals surface area contributed by atoms with E-state index in [-0.39, 0.29) is 25.0 Å². The molecule has 26 heavy (non-hydrogen) atoms. The van der Waals surface area contributed by atoms with E-state index in [1.165, 1.54) is 4.90 Å². The van der Waals surface area contributed by atoms with E-state index in [0.717, 1.165) is 25.2 Å². The molecule has 0 spiro atoms. The van der Waals surface area contributed by atoms with Crippen LogP contribution in [0.1, 0.15) is 10.4 Å². The molecular weight excluding hydrogens is 347 g/mol. The highest BCUT2D eigenvalue weighted by Crippen LogP contribution is 2.26. The van der Waals surface area contributed by atoms with Gasteiger partial charge in [-0.05, 0) is 39.2 Å². The second-order valence-electron chi connectivity index (χ2n) is 7.20. The smallest absolute Gasteiger partial charge is 0.256 e. The van der Waals surface area contributed by atoms with E-state index in [1.807, 2.05) is 21.1 Å². The third-order valence-corrected chi connectivity index (χ3v) is 4.84. The molecule has 1 fully saturated rings. The molecule has 1 heterocycles. The molecule has 2 atom stereocenters. The van der Waals surface area contributed by atoms with Gasteiger partial charge in [0.25, 0.3) is 5.91 Å². The predicted molar refractivity (Wildman–Crippen MR) is 92.3 cm³/mol. The van der Waals surface area contributed by atoms with Crippen LogP contribution in [-0.2, 0) is 0 Å². The second-order valence-corrected chi connectivity index (χ2v) is 7.20. The van der Waals surface area contributed by atoms with Crippen molar-refractivity contribution in [2.45, 2.75) is 0 Å². The molecule has 146 valence electrons. The van der Waals surface area contributed by atoms with Crippen LogP contribution in [0.4, 0.5) is 13.2 Å². The molecule has 1 N–H and O–H groups in total. The molecular formula is C18H26F3N3O2. The van der Waals surface area contributed by atoms with E-state index in [9.17, 15) is 23.1 Å². The Balaban J connectivity index is 2.06. The lowest BCUT2D eigenvalue weighted by atomic mass is 9.96. The number of carbonyl (C=O) groups is 1. The summed E-state index contributed by atoms with van der Waals surface area (Å²) < 4.78 is 40.4. The first kappa shape index (κ1) is 20.7. The molecule has 0 aromatic heterocycles. The van der Waals surface area contributed by atoms with Crippen LogP contribution in [0.25, 0.3) is 0 Å². The number of likely N-dealkylation sites (tertiary alicyclic amines) is 1. The highest BCUT2D eigenvalue weighted by molar-refractivity contribution is 5.94. The van der Waals surface area contributed by atoms with Crippen LogP contribution in [0, 0.1) is 29.3 Å². The van der Waals surface area contributed by atoms with Gasteiger partial charge in [0.15, 0.2) is 17.5 Å². The summed E-state index contributed by atoms with van der Waals surface area (Å²) in [5.74, 6) is -5.22. The van der Waals surface area contributed by atoms with Crippen molar-refractivity contribution >= 4 is 5.91 Å². The number of carbonyl (C=O) groups excluding carboxylic acids is 1. The van der Waals surface area contributed by atoms with E-state index in [1.54, 1.807) is 0 Å². The minimum Gasteiger partial charge on any atom is -0.396 e. The van der Waals surface area contributed by atoms with Crippen molar-refractivity contribution < 1.29 is 23.1 Å². The number of benzene rings is 1. The van der Waals surface area contributed by atoms with Crippen LogP contribution in [0.3, 0.4) is 0 Å². The Morgan fingerprint density at radius 1 is 1.12 bits per heavy atom. The van der Waals surface area contributed by atoms with Gasteiger partial charge in [0.2, 0.25) is 0 Å². The predicted octanol–water partition coefficient (Wildman–Crippen LogP) is 1.28. The lowest BCUT2D eigenvalue weighted by Gasteiger charge is -2.25. The van der Waals surface area contributed by atoms with Gasteiger partial charge in [-0.1, -0.05) is 0 Å². The zero-order chi connectivity index (χ0) is 19.4. The van der Waals surface area contributed by atoms with Gasteiger partial charge < -0.3 is 19.8 Å². The number of aliphatic hydroxyl groups excluding tert-OH is 1. The van der Waals surface area contributed by atoms with Crippen LogP contribution in [0.15, 0.2) is 12.1 Å². The molecule has 1 amide bonds. The Labute approximate surface area is 152 Å². The quantitative estimate of drug-likeness (QED) is 0.732. The Hall–Kier alpha value is -1.64. The summed E-state index contributed by atoms with van der Waals surface area (Å²) in [6.45, 7) is 2.93. The number of rotatable bonds is 7. The molecule has 2 rings (SSSR count). The zero-order valence-corrected chi connectivity index (χ0v) is 15.4. The van der Waals surface area contributed by atoms with Crippen molar-refractivity contribution in [1.82, 2.24) is 14.7 Å². The molecule has 1 aliphatic heterocycles. The Bertz CT molecular complexity index is 642. The first-order valence-corrected chi connectivity index (χ1v) is 8.61. The van der Waals surface area contributed by atoms with Gasteiger partial charge in [-0.15, -0.1) is 0 Å². The summed E-state index contributed by atoms with van der Waals surface area (Å²) in [7, 11) is 5.94. The summed E-state index contributed by atoms with van der Waals surface area (Å²) in [5, 5.41) is 9.62. The zero-order valence-electron chi connectivity index (χ0n) is 15.4. The van der Waals surface area contributed by atoms with Gasteiger partial charge >= 0.3 is 0 Å². The number of likely N-dealkylation sites (N-methyl/N-ethyl adjacent to an activating group) is 2. The summed E-state index contributed by atoms with van der Waals surface area (Å²) in [5.41, 5.74) is -0.484. The summed E-state index contributed by atoms with van der Waals surface area (Å²) >= 11 is 0. The fraction of sp³-hybridized carbons (Fsp3) is 0.611. The summed E-state index contributed by atoms with van der Waals surface area (Å²) in [4.78, 5) is 18.1. The van der Waals surface area contributed by atoms with E-state index in [0.29, 0.717) is 13.1 Å². The third kappa shape index (κ3) is 4.75. The van der Waals surface area contributed by atoms with Crippen LogP contribution >= 0.6 is 0 Å². The van der Waals surface area contributed by atoms with Crippen molar-refractivity contribution in [2.75, 3.05) is 60.5 Å². The number of halogens is 3. The van der Waals surface area contributed by atoms with Crippen LogP contribution in [-0.4, -0.2) is 86.2 Å². The molecule has 8 heteroatoms. The Morgan fingerprint density at radius 2 is 1.77 bits per heavy atom. The molecule has 1 saturated heterocycles. The van der Waals surface area contributed by atoms with E-state index in [2.05, 4.69) is 9.80 Å².